The van der Waals surface area contributed by atoms with Crippen molar-refractivity contribution >= 4 is 40.0 Å². The van der Waals surface area contributed by atoms with Gasteiger partial charge in [-0.25, -0.2) is 13.1 Å². The Balaban J connectivity index is 0. The lowest BCUT2D eigenvalue weighted by molar-refractivity contribution is 0.195. The highest BCUT2D eigenvalue weighted by Crippen LogP contribution is 1.80. The molecule has 0 aromatic heterocycles. The molecule has 0 saturated carbocycles. The summed E-state index contributed by atoms with van der Waals surface area (Å²) in [7, 11) is 0.275. The van der Waals surface area contributed by atoms with Crippen LogP contribution in [0.4, 0.5) is 0 Å². The van der Waals surface area contributed by atoms with E-state index in [0.29, 0.717) is 32.1 Å². The van der Waals surface area contributed by atoms with Crippen LogP contribution in [0.1, 0.15) is 12.8 Å². The summed E-state index contributed by atoms with van der Waals surface area (Å²) >= 11 is 0. The molecule has 0 aliphatic rings. The number of halogens is 1. The number of methoxy groups -OCH3 is 1. The molecule has 0 aliphatic heterocycles. The number of rotatable bonds is 9. The minimum absolute atomic E-state index is 0. The van der Waals surface area contributed by atoms with Crippen molar-refractivity contribution in [2.24, 2.45) is 4.99 Å². The first kappa shape index (κ1) is 21.2. The molecule has 0 radical (unpaired) electrons. The van der Waals surface area contributed by atoms with Crippen LogP contribution in [-0.4, -0.2) is 61.0 Å². The first-order valence-electron chi connectivity index (χ1n) is 5.87. The largest absolute Gasteiger partial charge is 0.385 e. The van der Waals surface area contributed by atoms with Crippen LogP contribution in [0.5, 0.6) is 0 Å². The third-order valence-corrected chi connectivity index (χ3v) is 2.78. The number of sulfonamides is 1. The second kappa shape index (κ2) is 12.9. The molecule has 7 nitrogen and oxygen atoms in total. The fraction of sp³-hybridized carbons (Fsp3) is 0.900. The van der Waals surface area contributed by atoms with E-state index in [2.05, 4.69) is 20.3 Å². The van der Waals surface area contributed by atoms with Crippen molar-refractivity contribution in [2.45, 2.75) is 12.8 Å². The first-order chi connectivity index (χ1) is 8.49. The standard InChI is InChI=1S/C10H24N4O3S.HI/c1-11-10(13-7-5-9-17-2)12-6-4-8-14-18(3,15)16;/h14H,4-9H2,1-3H3,(H2,11,12,13);1H. The van der Waals surface area contributed by atoms with Gasteiger partial charge in [-0.1, -0.05) is 0 Å². The van der Waals surface area contributed by atoms with Crippen molar-refractivity contribution in [3.63, 3.8) is 0 Å². The van der Waals surface area contributed by atoms with E-state index in [1.165, 1.54) is 0 Å². The van der Waals surface area contributed by atoms with Gasteiger partial charge in [-0.3, -0.25) is 4.99 Å². The second-order valence-corrected chi connectivity index (χ2v) is 5.63. The van der Waals surface area contributed by atoms with Crippen LogP contribution < -0.4 is 15.4 Å². The molecular formula is C10H25IN4O3S. The molecule has 0 fully saturated rings. The Labute approximate surface area is 133 Å². The molecule has 0 atom stereocenters. The number of ether oxygens (including phenoxy) is 1. The summed E-state index contributed by atoms with van der Waals surface area (Å²) in [6.07, 6.45) is 2.76. The molecule has 0 saturated heterocycles. The number of hydrogen-bond acceptors (Lipinski definition) is 4. The fourth-order valence-corrected chi connectivity index (χ4v) is 1.71. The topological polar surface area (TPSA) is 91.8 Å². The monoisotopic (exact) mass is 408 g/mol. The SMILES string of the molecule is CN=C(NCCCNS(C)(=O)=O)NCCCOC.I. The summed E-state index contributed by atoms with van der Waals surface area (Å²) in [6.45, 7) is 2.58. The van der Waals surface area contributed by atoms with Crippen LogP contribution in [0.25, 0.3) is 0 Å². The maximum absolute atomic E-state index is 10.8. The maximum Gasteiger partial charge on any atom is 0.208 e. The highest BCUT2D eigenvalue weighted by Gasteiger charge is 1.99. The molecule has 0 bridgehead atoms. The van der Waals surface area contributed by atoms with Crippen LogP contribution in [0.3, 0.4) is 0 Å². The van der Waals surface area contributed by atoms with E-state index in [1.54, 1.807) is 14.2 Å². The van der Waals surface area contributed by atoms with Crippen molar-refractivity contribution in [3.8, 4) is 0 Å². The van der Waals surface area contributed by atoms with Crippen LogP contribution >= 0.6 is 24.0 Å². The third kappa shape index (κ3) is 15.8. The van der Waals surface area contributed by atoms with Crippen LogP contribution in [0.15, 0.2) is 4.99 Å². The molecule has 3 N–H and O–H groups in total. The van der Waals surface area contributed by atoms with Crippen LogP contribution in [0, 0.1) is 0 Å². The second-order valence-electron chi connectivity index (χ2n) is 3.79. The van der Waals surface area contributed by atoms with Gasteiger partial charge in [0.05, 0.1) is 6.26 Å². The molecule has 0 amide bonds. The predicted molar refractivity (Wildman–Crippen MR) is 88.7 cm³/mol. The summed E-state index contributed by atoms with van der Waals surface area (Å²) in [6, 6.07) is 0. The van der Waals surface area contributed by atoms with Gasteiger partial charge in [0.1, 0.15) is 0 Å². The average molecular weight is 408 g/mol. The van der Waals surface area contributed by atoms with Gasteiger partial charge in [0.2, 0.25) is 10.0 Å². The van der Waals surface area contributed by atoms with Crippen molar-refractivity contribution in [2.75, 3.05) is 46.7 Å². The lowest BCUT2D eigenvalue weighted by Crippen LogP contribution is -2.39. The van der Waals surface area contributed by atoms with Gasteiger partial charge in [-0.15, -0.1) is 24.0 Å². The molecule has 116 valence electrons. The number of nitrogens with zero attached hydrogens (tertiary/aromatic N) is 1. The van der Waals surface area contributed by atoms with E-state index < -0.39 is 10.0 Å². The van der Waals surface area contributed by atoms with Gasteiger partial charge in [0, 0.05) is 40.4 Å². The molecule has 19 heavy (non-hydrogen) atoms. The summed E-state index contributed by atoms with van der Waals surface area (Å²) in [5.41, 5.74) is 0. The van der Waals surface area contributed by atoms with E-state index in [-0.39, 0.29) is 24.0 Å². The van der Waals surface area contributed by atoms with Crippen molar-refractivity contribution < 1.29 is 13.2 Å². The van der Waals surface area contributed by atoms with E-state index in [4.69, 9.17) is 4.74 Å². The Bertz CT molecular complexity index is 336. The Morgan fingerprint density at radius 3 is 2.21 bits per heavy atom. The summed E-state index contributed by atoms with van der Waals surface area (Å²) in [4.78, 5) is 4.05. The lowest BCUT2D eigenvalue weighted by Gasteiger charge is -2.11. The first-order valence-corrected chi connectivity index (χ1v) is 7.77. The van der Waals surface area contributed by atoms with Crippen molar-refractivity contribution in [1.82, 2.24) is 15.4 Å². The molecule has 0 heterocycles. The molecule has 0 spiro atoms. The zero-order valence-electron chi connectivity index (χ0n) is 11.7. The van der Waals surface area contributed by atoms with Gasteiger partial charge in [-0.05, 0) is 12.8 Å². The zero-order valence-corrected chi connectivity index (χ0v) is 14.9. The minimum atomic E-state index is -3.09. The molecule has 0 aromatic carbocycles. The van der Waals surface area contributed by atoms with Crippen LogP contribution in [-0.2, 0) is 14.8 Å². The van der Waals surface area contributed by atoms with Crippen LogP contribution in [0.2, 0.25) is 0 Å². The molecular weight excluding hydrogens is 383 g/mol. The third-order valence-electron chi connectivity index (χ3n) is 2.05. The van der Waals surface area contributed by atoms with Gasteiger partial charge in [0.25, 0.3) is 0 Å². The highest BCUT2D eigenvalue weighted by molar-refractivity contribution is 14.0. The predicted octanol–water partition coefficient (Wildman–Crippen LogP) is -0.255. The minimum Gasteiger partial charge on any atom is -0.385 e. The van der Waals surface area contributed by atoms with Gasteiger partial charge in [0.15, 0.2) is 5.96 Å². The Morgan fingerprint density at radius 1 is 1.16 bits per heavy atom. The summed E-state index contributed by atoms with van der Waals surface area (Å²) in [5.74, 6) is 0.713. The Hall–Kier alpha value is -0.130. The quantitative estimate of drug-likeness (QED) is 0.212. The average Bonchev–Trinajstić information content (AvgIpc) is 2.30. The van der Waals surface area contributed by atoms with E-state index in [9.17, 15) is 8.42 Å². The van der Waals surface area contributed by atoms with Crippen molar-refractivity contribution in [1.29, 1.82) is 0 Å². The molecule has 0 unspecified atom stereocenters. The summed E-state index contributed by atoms with van der Waals surface area (Å²) < 4.78 is 29.0. The number of aliphatic imine (C=N–C) groups is 1. The molecule has 0 aliphatic carbocycles. The Kier molecular flexibility index (Phi) is 14.4. The smallest absolute Gasteiger partial charge is 0.208 e. The van der Waals surface area contributed by atoms with E-state index in [0.717, 1.165) is 19.2 Å². The number of nitrogens with one attached hydrogen (secondary N) is 3. The highest BCUT2D eigenvalue weighted by atomic mass is 127. The molecule has 0 aromatic rings. The molecule has 0 rings (SSSR count). The maximum atomic E-state index is 10.8. The fourth-order valence-electron chi connectivity index (χ4n) is 1.20. The normalized spacial score (nSPS) is 11.8. The number of guanidine groups is 1. The van der Waals surface area contributed by atoms with Gasteiger partial charge >= 0.3 is 0 Å². The van der Waals surface area contributed by atoms with Gasteiger partial charge < -0.3 is 15.4 Å². The van der Waals surface area contributed by atoms with Crippen molar-refractivity contribution in [3.05, 3.63) is 0 Å². The van der Waals surface area contributed by atoms with E-state index >= 15 is 0 Å². The van der Waals surface area contributed by atoms with Gasteiger partial charge in [-0.2, -0.15) is 0 Å². The van der Waals surface area contributed by atoms with E-state index in [1.807, 2.05) is 0 Å². The zero-order chi connectivity index (χ0) is 13.9. The summed E-state index contributed by atoms with van der Waals surface area (Å²) in [5, 5.41) is 6.23. The molecule has 9 heteroatoms. The Morgan fingerprint density at radius 2 is 1.74 bits per heavy atom. The lowest BCUT2D eigenvalue weighted by atomic mass is 10.4. The number of hydrogen-bond donors (Lipinski definition) is 3.